The highest BCUT2D eigenvalue weighted by Gasteiger charge is 2.66. The number of benzene rings is 1. The number of carbonyl (C=O) groups is 6. The number of halogens is 1. The Bertz CT molecular complexity index is 1870. The normalized spacial score (nSPS) is 22.6. The highest BCUT2D eigenvalue weighted by atomic mass is 35.5. The number of hydrazone groups is 1. The van der Waals surface area contributed by atoms with Gasteiger partial charge in [0.2, 0.25) is 16.4 Å². The zero-order valence-electron chi connectivity index (χ0n) is 25.3. The number of hydrogen-bond acceptors (Lipinski definition) is 15. The number of aromatic hydroxyl groups is 2. The number of oxime groups is 1. The number of rotatable bonds is 12. The van der Waals surface area contributed by atoms with Gasteiger partial charge in [-0.25, -0.2) is 29.2 Å². The number of carbonyl (C=O) groups excluding carboxylic acids is 3. The molecule has 3 atom stereocenters. The summed E-state index contributed by atoms with van der Waals surface area (Å²) in [5.41, 5.74) is 2.32. The van der Waals surface area contributed by atoms with Gasteiger partial charge >= 0.3 is 23.9 Å². The van der Waals surface area contributed by atoms with Gasteiger partial charge in [0.05, 0.1) is 29.4 Å². The van der Waals surface area contributed by atoms with Crippen LogP contribution >= 0.6 is 34.7 Å². The summed E-state index contributed by atoms with van der Waals surface area (Å²) >= 11 is 7.72. The fourth-order valence-corrected chi connectivity index (χ4v) is 7.59. The van der Waals surface area contributed by atoms with E-state index >= 15 is 0 Å². The first kappa shape index (κ1) is 35.2. The van der Waals surface area contributed by atoms with Gasteiger partial charge in [0.1, 0.15) is 5.69 Å². The van der Waals surface area contributed by atoms with Gasteiger partial charge < -0.3 is 41.0 Å². The van der Waals surface area contributed by atoms with E-state index < -0.39 is 98.3 Å². The minimum absolute atomic E-state index is 0.0240. The second kappa shape index (κ2) is 12.7. The van der Waals surface area contributed by atoms with Crippen molar-refractivity contribution in [3.63, 3.8) is 0 Å². The van der Waals surface area contributed by atoms with Crippen molar-refractivity contribution in [2.75, 3.05) is 25.4 Å². The molecule has 1 unspecified atom stereocenters. The number of Topliss-reactive ketones (excluding diaryl/α,β-unsaturated/α-hetero) is 1. The molecular weight excluding hydrogens is 714 g/mol. The van der Waals surface area contributed by atoms with Crippen molar-refractivity contribution in [3.8, 4) is 11.5 Å². The number of aliphatic carboxylic acids is 3. The number of urea groups is 1. The number of nitrogens with two attached hydrogens (primary N) is 1. The Morgan fingerprint density at radius 1 is 1.14 bits per heavy atom. The highest BCUT2D eigenvalue weighted by Crippen LogP contribution is 2.53. The number of nitrogen functional groups attached to an aromatic ring is 1. The number of carboxylic acid groups (broad SMARTS) is 3. The van der Waals surface area contributed by atoms with Crippen LogP contribution in [0.4, 0.5) is 9.93 Å². The second-order valence-corrected chi connectivity index (χ2v) is 14.0. The predicted molar refractivity (Wildman–Crippen MR) is 170 cm³/mol. The maximum Gasteiger partial charge on any atom is 0.357 e. The monoisotopic (exact) mass is 739 g/mol. The van der Waals surface area contributed by atoms with Crippen molar-refractivity contribution in [2.24, 2.45) is 16.2 Å². The Balaban J connectivity index is 1.37. The van der Waals surface area contributed by atoms with E-state index in [0.717, 1.165) is 40.1 Å². The first-order valence-corrected chi connectivity index (χ1v) is 16.1. The standard InChI is InChI=1S/C27H26ClN7O12S2/c1-26(2,22(42)43)47-32-17(12-8-48-24(29)30-12)14(37)7-11-19(39)33-9-27(23(44)45,49-20(11)33)34-5-6-35(25(34)46)31-16(21(40)41)10-3-4-13(36)18(38)15(10)28/h3-4,8,11,20,36,38H,5-7,9H2,1-2H3,(H2,29,30)(H,40,41)(H,42,43)(H,44,45)/b31-16-,32-17-/t11?,20-,27-/m1/s1. The van der Waals surface area contributed by atoms with E-state index in [1.807, 2.05) is 0 Å². The van der Waals surface area contributed by atoms with Gasteiger partial charge in [-0.05, 0) is 26.0 Å². The lowest BCUT2D eigenvalue weighted by Crippen LogP contribution is -2.59. The molecule has 2 aromatic rings. The third-order valence-corrected chi connectivity index (χ3v) is 10.6. The minimum atomic E-state index is -2.05. The molecule has 0 aliphatic carbocycles. The average Bonchev–Trinajstić information content (AvgIpc) is 3.73. The second-order valence-electron chi connectivity index (χ2n) is 11.3. The van der Waals surface area contributed by atoms with E-state index in [1.54, 1.807) is 0 Å². The lowest BCUT2D eigenvalue weighted by atomic mass is 9.90. The van der Waals surface area contributed by atoms with Crippen LogP contribution in [0.15, 0.2) is 27.8 Å². The van der Waals surface area contributed by atoms with Crippen LogP contribution in [0.3, 0.4) is 0 Å². The molecule has 260 valence electrons. The third kappa shape index (κ3) is 6.15. The van der Waals surface area contributed by atoms with Gasteiger partial charge in [-0.1, -0.05) is 28.5 Å². The zero-order chi connectivity index (χ0) is 36.2. The number of phenolic OH excluding ortho intramolecular Hbond substituents is 2. The number of ketones is 1. The number of phenols is 2. The van der Waals surface area contributed by atoms with Gasteiger partial charge in [-0.15, -0.1) is 11.3 Å². The van der Waals surface area contributed by atoms with Crippen molar-refractivity contribution in [3.05, 3.63) is 33.8 Å². The lowest BCUT2D eigenvalue weighted by molar-refractivity contribution is -0.161. The number of carboxylic acids is 3. The molecule has 4 heterocycles. The predicted octanol–water partition coefficient (Wildman–Crippen LogP) is 0.872. The van der Waals surface area contributed by atoms with E-state index in [0.29, 0.717) is 5.01 Å². The van der Waals surface area contributed by atoms with E-state index in [4.69, 9.17) is 22.2 Å². The molecule has 49 heavy (non-hydrogen) atoms. The Morgan fingerprint density at radius 2 is 1.84 bits per heavy atom. The number of aromatic nitrogens is 1. The van der Waals surface area contributed by atoms with Crippen LogP contribution in [-0.4, -0.2) is 128 Å². The molecule has 5 rings (SSSR count). The highest BCUT2D eigenvalue weighted by molar-refractivity contribution is 8.02. The van der Waals surface area contributed by atoms with E-state index in [1.165, 1.54) is 24.1 Å². The summed E-state index contributed by atoms with van der Waals surface area (Å²) in [6.45, 7) is 1.42. The quantitative estimate of drug-likeness (QED) is 0.0762. The Kier molecular flexibility index (Phi) is 9.12. The van der Waals surface area contributed by atoms with Crippen LogP contribution in [0.25, 0.3) is 0 Å². The number of thioether (sulfide) groups is 1. The maximum atomic E-state index is 13.5. The number of β-lactam (4-membered cyclic amide) rings is 1. The summed E-state index contributed by atoms with van der Waals surface area (Å²) in [5.74, 6) is -8.38. The molecule has 0 saturated carbocycles. The van der Waals surface area contributed by atoms with E-state index in [-0.39, 0.29) is 29.5 Å². The van der Waals surface area contributed by atoms with Crippen molar-refractivity contribution in [1.29, 1.82) is 0 Å². The van der Waals surface area contributed by atoms with Gasteiger partial charge in [0.15, 0.2) is 33.8 Å². The molecule has 3 fully saturated rings. The molecule has 3 saturated heterocycles. The Labute approximate surface area is 288 Å². The number of anilines is 1. The summed E-state index contributed by atoms with van der Waals surface area (Å²) in [7, 11) is 0. The van der Waals surface area contributed by atoms with Crippen LogP contribution in [0.1, 0.15) is 31.5 Å². The molecule has 3 aliphatic rings. The molecule has 7 N–H and O–H groups in total. The molecule has 3 amide bonds. The Hall–Kier alpha value is -5.15. The largest absolute Gasteiger partial charge is 0.504 e. The number of amides is 3. The van der Waals surface area contributed by atoms with Crippen molar-refractivity contribution in [2.45, 2.75) is 36.1 Å². The summed E-state index contributed by atoms with van der Waals surface area (Å²) < 4.78 is 0. The zero-order valence-corrected chi connectivity index (χ0v) is 27.7. The summed E-state index contributed by atoms with van der Waals surface area (Å²) in [5, 5.41) is 57.5. The molecule has 1 aromatic heterocycles. The summed E-state index contributed by atoms with van der Waals surface area (Å²) in [6, 6.07) is 1.02. The number of nitrogens with zero attached hydrogens (tertiary/aromatic N) is 6. The SMILES string of the molecule is CC(C)(O/N=C(\C(=O)CC1C(=O)N2C[C@@](C(=O)O)(N3CCN(/N=C(\C(=O)O)c4ccc(O)c(O)c4Cl)C3=O)S[C@H]12)c1csc(N)n1)C(=O)O. The number of thiazole rings is 1. The van der Waals surface area contributed by atoms with Gasteiger partial charge in [-0.3, -0.25) is 14.5 Å². The molecule has 19 nitrogen and oxygen atoms in total. The lowest BCUT2D eigenvalue weighted by Gasteiger charge is -2.40. The van der Waals surface area contributed by atoms with Crippen LogP contribution in [0, 0.1) is 5.92 Å². The van der Waals surface area contributed by atoms with E-state index in [9.17, 15) is 54.3 Å². The summed E-state index contributed by atoms with van der Waals surface area (Å²) in [4.78, 5) is 85.7. The maximum absolute atomic E-state index is 13.5. The molecular formula is C27H26ClN7O12S2. The molecule has 1 aromatic carbocycles. The smallest absolute Gasteiger partial charge is 0.357 e. The topological polar surface area (TPSA) is 286 Å². The first-order valence-electron chi connectivity index (χ1n) is 14.0. The van der Waals surface area contributed by atoms with Crippen molar-refractivity contribution < 1.29 is 59.1 Å². The van der Waals surface area contributed by atoms with Crippen molar-refractivity contribution in [1.82, 2.24) is 19.8 Å². The van der Waals surface area contributed by atoms with Crippen LogP contribution in [0.5, 0.6) is 11.5 Å². The van der Waals surface area contributed by atoms with Crippen LogP contribution < -0.4 is 5.73 Å². The van der Waals surface area contributed by atoms with Crippen LogP contribution in [-0.2, 0) is 28.8 Å². The number of hydrogen-bond donors (Lipinski definition) is 6. The molecule has 0 radical (unpaired) electrons. The van der Waals surface area contributed by atoms with Gasteiger partial charge in [0, 0.05) is 23.9 Å². The first-order chi connectivity index (χ1) is 22.9. The van der Waals surface area contributed by atoms with Crippen LogP contribution in [0.2, 0.25) is 5.02 Å². The fraction of sp³-hybridized carbons (Fsp3) is 0.370. The molecule has 0 spiro atoms. The Morgan fingerprint density at radius 3 is 2.43 bits per heavy atom. The van der Waals surface area contributed by atoms with Crippen molar-refractivity contribution >= 4 is 86.9 Å². The molecule has 22 heteroatoms. The fourth-order valence-electron chi connectivity index (χ4n) is 5.10. The average molecular weight is 740 g/mol. The molecule has 0 bridgehead atoms. The minimum Gasteiger partial charge on any atom is -0.504 e. The molecule has 3 aliphatic heterocycles. The van der Waals surface area contributed by atoms with Gasteiger partial charge in [-0.2, -0.15) is 5.10 Å². The summed E-state index contributed by atoms with van der Waals surface area (Å²) in [6.07, 6.45) is -0.498. The van der Waals surface area contributed by atoms with E-state index in [2.05, 4.69) is 15.2 Å². The van der Waals surface area contributed by atoms with Gasteiger partial charge in [0.25, 0.3) is 0 Å². The third-order valence-electron chi connectivity index (χ3n) is 7.80. The number of fused-ring (bicyclic) bond motifs is 1.